The molecule has 1 aromatic rings. The first-order valence-electron chi connectivity index (χ1n) is 3.39. The first-order valence-corrected chi connectivity index (χ1v) is 4.18. The summed E-state index contributed by atoms with van der Waals surface area (Å²) in [4.78, 5) is 0. The molecule has 0 spiro atoms. The zero-order chi connectivity index (χ0) is 9.14. The molecule has 6 heteroatoms. The van der Waals surface area contributed by atoms with Crippen LogP contribution in [0, 0.1) is 0 Å². The van der Waals surface area contributed by atoms with Gasteiger partial charge in [0.05, 0.1) is 6.61 Å². The highest BCUT2D eigenvalue weighted by Gasteiger charge is 2.16. The number of hydrogen-bond donors (Lipinski definition) is 1. The zero-order valence-corrected chi connectivity index (χ0v) is 8.45. The van der Waals surface area contributed by atoms with Gasteiger partial charge in [0.25, 0.3) is 0 Å². The highest BCUT2D eigenvalue weighted by atomic mass is 79.9. The Morgan fingerprint density at radius 2 is 2.42 bits per heavy atom. The topological polar surface area (TPSA) is 60.2 Å². The Morgan fingerprint density at radius 3 is 2.83 bits per heavy atom. The van der Waals surface area contributed by atoms with Crippen molar-refractivity contribution in [2.24, 2.45) is 7.05 Å². The average Bonchev–Trinajstić information content (AvgIpc) is 2.32. The summed E-state index contributed by atoms with van der Waals surface area (Å²) >= 11 is 3.18. The maximum atomic E-state index is 9.52. The zero-order valence-electron chi connectivity index (χ0n) is 6.86. The molecule has 12 heavy (non-hydrogen) atoms. The normalized spacial score (nSPS) is 13.3. The van der Waals surface area contributed by atoms with E-state index in [9.17, 15) is 5.11 Å². The van der Waals surface area contributed by atoms with Gasteiger partial charge < -0.3 is 9.84 Å². The number of aryl methyl sites for hydroxylation is 1. The van der Waals surface area contributed by atoms with E-state index in [1.54, 1.807) is 7.05 Å². The molecule has 5 nitrogen and oxygen atoms in total. The molecule has 1 rings (SSSR count). The third-order valence-electron chi connectivity index (χ3n) is 1.47. The van der Waals surface area contributed by atoms with Crippen LogP contribution in [0.1, 0.15) is 11.8 Å². The van der Waals surface area contributed by atoms with Gasteiger partial charge in [0.15, 0.2) is 4.60 Å². The van der Waals surface area contributed by atoms with Gasteiger partial charge in [-0.3, -0.25) is 0 Å². The molecule has 0 bridgehead atoms. The van der Waals surface area contributed by atoms with Crippen LogP contribution in [0.2, 0.25) is 0 Å². The second-order valence-corrected chi connectivity index (χ2v) is 3.11. The number of hydrogen-bond acceptors (Lipinski definition) is 4. The smallest absolute Gasteiger partial charge is 0.154 e. The minimum atomic E-state index is -0.690. The number of aliphatic hydroxyl groups excluding tert-OH is 1. The van der Waals surface area contributed by atoms with Gasteiger partial charge in [-0.1, -0.05) is 5.21 Å². The number of rotatable bonds is 3. The van der Waals surface area contributed by atoms with Crippen LogP contribution in [0.4, 0.5) is 0 Å². The van der Waals surface area contributed by atoms with Crippen LogP contribution in [0.15, 0.2) is 4.60 Å². The fraction of sp³-hybridized carbons (Fsp3) is 0.667. The van der Waals surface area contributed by atoms with E-state index in [1.165, 1.54) is 11.8 Å². The molecule has 1 atom stereocenters. The lowest BCUT2D eigenvalue weighted by Crippen LogP contribution is -2.10. The van der Waals surface area contributed by atoms with E-state index in [1.807, 2.05) is 0 Å². The van der Waals surface area contributed by atoms with Crippen LogP contribution in [-0.2, 0) is 11.8 Å². The van der Waals surface area contributed by atoms with E-state index in [-0.39, 0.29) is 6.61 Å². The van der Waals surface area contributed by atoms with Gasteiger partial charge in [-0.25, -0.2) is 4.68 Å². The van der Waals surface area contributed by atoms with Crippen molar-refractivity contribution in [1.82, 2.24) is 15.0 Å². The van der Waals surface area contributed by atoms with E-state index in [4.69, 9.17) is 4.74 Å². The van der Waals surface area contributed by atoms with Crippen molar-refractivity contribution in [3.05, 3.63) is 10.3 Å². The molecule has 0 aromatic carbocycles. The quantitative estimate of drug-likeness (QED) is 0.817. The van der Waals surface area contributed by atoms with Crippen LogP contribution >= 0.6 is 15.9 Å². The monoisotopic (exact) mass is 235 g/mol. The van der Waals surface area contributed by atoms with E-state index in [0.717, 1.165) is 0 Å². The van der Waals surface area contributed by atoms with Gasteiger partial charge in [0.1, 0.15) is 11.8 Å². The van der Waals surface area contributed by atoms with Gasteiger partial charge in [-0.15, -0.1) is 5.10 Å². The Hall–Kier alpha value is -0.460. The Morgan fingerprint density at radius 1 is 1.75 bits per heavy atom. The first kappa shape index (κ1) is 9.63. The van der Waals surface area contributed by atoms with Gasteiger partial charge in [-0.05, 0) is 15.9 Å². The molecule has 68 valence electrons. The Bertz CT molecular complexity index is 244. The number of methoxy groups -OCH3 is 1. The minimum Gasteiger partial charge on any atom is -0.384 e. The summed E-state index contributed by atoms with van der Waals surface area (Å²) in [5.74, 6) is 0. The summed E-state index contributed by atoms with van der Waals surface area (Å²) in [5, 5.41) is 17.0. The molecular weight excluding hydrogens is 226 g/mol. The molecule has 0 aliphatic heterocycles. The predicted octanol–water partition coefficient (Wildman–Crippen LogP) is 0.257. The van der Waals surface area contributed by atoms with Gasteiger partial charge in [0.2, 0.25) is 0 Å². The second kappa shape index (κ2) is 3.97. The summed E-state index contributed by atoms with van der Waals surface area (Å²) in [7, 11) is 3.24. The molecule has 1 N–H and O–H groups in total. The van der Waals surface area contributed by atoms with Crippen molar-refractivity contribution < 1.29 is 9.84 Å². The molecule has 1 heterocycles. The average molecular weight is 236 g/mol. The number of ether oxygens (including phenoxy) is 1. The summed E-state index contributed by atoms with van der Waals surface area (Å²) in [6, 6.07) is 0. The van der Waals surface area contributed by atoms with Crippen molar-refractivity contribution in [2.75, 3.05) is 13.7 Å². The fourth-order valence-electron chi connectivity index (χ4n) is 0.929. The molecule has 1 unspecified atom stereocenters. The lowest BCUT2D eigenvalue weighted by atomic mass is 10.3. The van der Waals surface area contributed by atoms with Crippen molar-refractivity contribution >= 4 is 15.9 Å². The lowest BCUT2D eigenvalue weighted by Gasteiger charge is -2.08. The molecular formula is C6H10BrN3O2. The first-order chi connectivity index (χ1) is 5.66. The Kier molecular flexibility index (Phi) is 3.19. The summed E-state index contributed by atoms with van der Waals surface area (Å²) in [6.07, 6.45) is -0.690. The molecule has 0 fully saturated rings. The Labute approximate surface area is 78.5 Å². The van der Waals surface area contributed by atoms with E-state index in [2.05, 4.69) is 26.2 Å². The third kappa shape index (κ3) is 1.82. The second-order valence-electron chi connectivity index (χ2n) is 2.36. The number of aliphatic hydroxyl groups is 1. The minimum absolute atomic E-state index is 0.236. The Balaban J connectivity index is 2.85. The van der Waals surface area contributed by atoms with Crippen LogP contribution in [-0.4, -0.2) is 33.8 Å². The molecule has 0 radical (unpaired) electrons. The maximum Gasteiger partial charge on any atom is 0.154 e. The SMILES string of the molecule is COCC(O)c1c(Br)nnn1C. The molecule has 0 aliphatic carbocycles. The van der Waals surface area contributed by atoms with Gasteiger partial charge in [-0.2, -0.15) is 0 Å². The third-order valence-corrected chi connectivity index (χ3v) is 2.03. The highest BCUT2D eigenvalue weighted by Crippen LogP contribution is 2.19. The molecule has 0 aliphatic rings. The van der Waals surface area contributed by atoms with Gasteiger partial charge >= 0.3 is 0 Å². The van der Waals surface area contributed by atoms with Crippen molar-refractivity contribution in [1.29, 1.82) is 0 Å². The van der Waals surface area contributed by atoms with Crippen LogP contribution < -0.4 is 0 Å². The number of aromatic nitrogens is 3. The van der Waals surface area contributed by atoms with Gasteiger partial charge in [0, 0.05) is 14.2 Å². The molecule has 1 aromatic heterocycles. The van der Waals surface area contributed by atoms with Crippen LogP contribution in [0.5, 0.6) is 0 Å². The lowest BCUT2D eigenvalue weighted by molar-refractivity contribution is 0.0588. The molecule has 0 saturated carbocycles. The standard InChI is InChI=1S/C6H10BrN3O2/c1-10-5(4(11)3-12-2)6(7)8-9-10/h4,11H,3H2,1-2H3. The molecule has 0 saturated heterocycles. The van der Waals surface area contributed by atoms with E-state index >= 15 is 0 Å². The van der Waals surface area contributed by atoms with Crippen molar-refractivity contribution in [2.45, 2.75) is 6.10 Å². The summed E-state index contributed by atoms with van der Waals surface area (Å²) < 4.78 is 6.86. The molecule has 0 amide bonds. The number of halogens is 1. The summed E-state index contributed by atoms with van der Waals surface area (Å²) in [6.45, 7) is 0.236. The van der Waals surface area contributed by atoms with E-state index < -0.39 is 6.10 Å². The summed E-state index contributed by atoms with van der Waals surface area (Å²) in [5.41, 5.74) is 0.622. The van der Waals surface area contributed by atoms with Crippen LogP contribution in [0.25, 0.3) is 0 Å². The fourth-order valence-corrected chi connectivity index (χ4v) is 1.52. The number of nitrogens with zero attached hydrogens (tertiary/aromatic N) is 3. The van der Waals surface area contributed by atoms with Crippen LogP contribution in [0.3, 0.4) is 0 Å². The largest absolute Gasteiger partial charge is 0.384 e. The predicted molar refractivity (Wildman–Crippen MR) is 45.5 cm³/mol. The highest BCUT2D eigenvalue weighted by molar-refractivity contribution is 9.10. The van der Waals surface area contributed by atoms with Crippen molar-refractivity contribution in [3.8, 4) is 0 Å². The maximum absolute atomic E-state index is 9.52. The van der Waals surface area contributed by atoms with E-state index in [0.29, 0.717) is 10.3 Å². The van der Waals surface area contributed by atoms with Crippen molar-refractivity contribution in [3.63, 3.8) is 0 Å².